The molecule has 3 aliphatic rings. The Morgan fingerprint density at radius 2 is 2.00 bits per heavy atom. The summed E-state index contributed by atoms with van der Waals surface area (Å²) in [4.78, 5) is 45.2. The second-order valence-electron chi connectivity index (χ2n) is 8.60. The fourth-order valence-corrected chi connectivity index (χ4v) is 4.80. The number of carboxylic acid groups (broad SMARTS) is 1. The highest BCUT2D eigenvalue weighted by Crippen LogP contribution is 2.35. The van der Waals surface area contributed by atoms with E-state index >= 15 is 0 Å². The van der Waals surface area contributed by atoms with Crippen molar-refractivity contribution < 1.29 is 32.6 Å². The Bertz CT molecular complexity index is 984. The highest BCUT2D eigenvalue weighted by Gasteiger charge is 2.48. The number of rotatable bonds is 4. The smallest absolute Gasteiger partial charge is 0.408 e. The number of nitrogens with zero attached hydrogens (tertiary/aromatic N) is 5. The molecule has 0 radical (unpaired) electrons. The zero-order valence-corrected chi connectivity index (χ0v) is 18.1. The molecule has 13 heteroatoms. The number of amides is 1. The maximum Gasteiger partial charge on any atom is 0.408 e. The van der Waals surface area contributed by atoms with Crippen molar-refractivity contribution >= 4 is 23.6 Å². The van der Waals surface area contributed by atoms with E-state index in [0.29, 0.717) is 26.2 Å². The third-order valence-electron chi connectivity index (χ3n) is 6.47. The van der Waals surface area contributed by atoms with E-state index in [9.17, 15) is 32.7 Å². The number of morpholine rings is 1. The minimum absolute atomic E-state index is 0.131. The van der Waals surface area contributed by atoms with Crippen molar-refractivity contribution in [3.8, 4) is 0 Å². The number of fused-ring (bicyclic) bond motifs is 1. The van der Waals surface area contributed by atoms with E-state index in [0.717, 1.165) is 14.4 Å². The van der Waals surface area contributed by atoms with Gasteiger partial charge in [0.25, 0.3) is 5.56 Å². The Balaban J connectivity index is 1.71. The summed E-state index contributed by atoms with van der Waals surface area (Å²) in [5.74, 6) is -0.634. The predicted molar refractivity (Wildman–Crippen MR) is 111 cm³/mol. The molecule has 182 valence electrons. The molecule has 1 unspecified atom stereocenters. The summed E-state index contributed by atoms with van der Waals surface area (Å²) in [5.41, 5.74) is -0.500. The number of halogens is 3. The summed E-state index contributed by atoms with van der Waals surface area (Å²) in [6.07, 6.45) is -5.64. The second kappa shape index (κ2) is 8.84. The number of ether oxygens (including phenoxy) is 1. The summed E-state index contributed by atoms with van der Waals surface area (Å²) >= 11 is 0. The first kappa shape index (κ1) is 23.3. The Kier molecular flexibility index (Phi) is 6.25. The summed E-state index contributed by atoms with van der Waals surface area (Å²) in [6, 6.07) is -1.86. The summed E-state index contributed by atoms with van der Waals surface area (Å²) < 4.78 is 48.3. The number of ketones is 1. The topological polar surface area (TPSA) is 108 Å². The van der Waals surface area contributed by atoms with Gasteiger partial charge in [0.2, 0.25) is 5.95 Å². The van der Waals surface area contributed by atoms with Crippen LogP contribution >= 0.6 is 0 Å². The molecule has 1 aromatic heterocycles. The zero-order valence-electron chi connectivity index (χ0n) is 18.1. The molecule has 2 saturated heterocycles. The van der Waals surface area contributed by atoms with Gasteiger partial charge in [0.15, 0.2) is 5.78 Å². The second-order valence-corrected chi connectivity index (χ2v) is 8.60. The van der Waals surface area contributed by atoms with Crippen LogP contribution in [0.5, 0.6) is 0 Å². The number of alkyl halides is 3. The van der Waals surface area contributed by atoms with E-state index in [-0.39, 0.29) is 37.3 Å². The maximum atomic E-state index is 13.9. The molecule has 2 fully saturated rings. The summed E-state index contributed by atoms with van der Waals surface area (Å²) in [6.45, 7) is 2.35. The van der Waals surface area contributed by atoms with E-state index in [4.69, 9.17) is 4.74 Å². The van der Waals surface area contributed by atoms with Gasteiger partial charge in [-0.15, -0.1) is 0 Å². The molecule has 1 aromatic rings. The van der Waals surface area contributed by atoms with Crippen molar-refractivity contribution in [3.05, 3.63) is 16.4 Å². The first-order chi connectivity index (χ1) is 15.6. The fourth-order valence-electron chi connectivity index (χ4n) is 4.80. The van der Waals surface area contributed by atoms with Gasteiger partial charge >= 0.3 is 12.3 Å². The Labute approximate surface area is 187 Å². The van der Waals surface area contributed by atoms with Gasteiger partial charge < -0.3 is 19.6 Å². The van der Waals surface area contributed by atoms with E-state index in [1.54, 1.807) is 4.90 Å². The SMILES string of the molecule is C[C@@H]1COCCN1c1cc(=O)n2c(n1)N(CC(=O)C1CCCN1C(=O)O)[C@H](C(F)(F)F)CC2. The molecular formula is C20H26F3N5O5. The third kappa shape index (κ3) is 4.50. The fraction of sp³-hybridized carbons (Fsp3) is 0.700. The van der Waals surface area contributed by atoms with Crippen LogP contribution in [-0.2, 0) is 16.1 Å². The molecule has 0 spiro atoms. The molecule has 0 bridgehead atoms. The summed E-state index contributed by atoms with van der Waals surface area (Å²) in [5, 5.41) is 9.33. The minimum Gasteiger partial charge on any atom is -0.465 e. The van der Waals surface area contributed by atoms with Crippen LogP contribution in [0.15, 0.2) is 10.9 Å². The van der Waals surface area contributed by atoms with Crippen LogP contribution in [0.4, 0.5) is 29.7 Å². The Morgan fingerprint density at radius 1 is 1.24 bits per heavy atom. The molecule has 4 heterocycles. The van der Waals surface area contributed by atoms with Crippen molar-refractivity contribution in [2.75, 3.05) is 42.6 Å². The van der Waals surface area contributed by atoms with Crippen LogP contribution < -0.4 is 15.4 Å². The largest absolute Gasteiger partial charge is 0.465 e. The molecule has 1 amide bonds. The van der Waals surface area contributed by atoms with Crippen molar-refractivity contribution in [3.63, 3.8) is 0 Å². The molecule has 10 nitrogen and oxygen atoms in total. The van der Waals surface area contributed by atoms with Gasteiger partial charge in [0.05, 0.1) is 31.8 Å². The molecule has 3 aliphatic heterocycles. The van der Waals surface area contributed by atoms with Gasteiger partial charge in [-0.1, -0.05) is 0 Å². The van der Waals surface area contributed by atoms with Crippen molar-refractivity contribution in [2.24, 2.45) is 0 Å². The number of carbonyl (C=O) groups is 2. The minimum atomic E-state index is -4.66. The van der Waals surface area contributed by atoms with E-state index in [1.165, 1.54) is 6.07 Å². The lowest BCUT2D eigenvalue weighted by Gasteiger charge is -2.40. The number of hydrogen-bond donors (Lipinski definition) is 1. The van der Waals surface area contributed by atoms with Gasteiger partial charge in [0, 0.05) is 25.7 Å². The number of anilines is 2. The van der Waals surface area contributed by atoms with E-state index < -0.39 is 48.7 Å². The van der Waals surface area contributed by atoms with Crippen LogP contribution in [0.3, 0.4) is 0 Å². The van der Waals surface area contributed by atoms with Crippen LogP contribution in [0, 0.1) is 0 Å². The maximum absolute atomic E-state index is 13.9. The standard InChI is InChI=1S/C20H26F3N5O5/c1-12-11-33-8-7-25(12)16-9-17(30)27-6-4-15(20(21,22)23)28(18(27)24-16)10-14(29)13-3-2-5-26(13)19(31)32/h9,12-13,15H,2-8,10-11H2,1H3,(H,31,32)/t12-,13?,15+/m1/s1. The van der Waals surface area contributed by atoms with Crippen LogP contribution in [0.25, 0.3) is 0 Å². The molecule has 33 heavy (non-hydrogen) atoms. The molecule has 0 aromatic carbocycles. The zero-order chi connectivity index (χ0) is 23.9. The highest BCUT2D eigenvalue weighted by molar-refractivity contribution is 5.91. The van der Waals surface area contributed by atoms with Crippen molar-refractivity contribution in [1.29, 1.82) is 0 Å². The van der Waals surface area contributed by atoms with Gasteiger partial charge in [-0.3, -0.25) is 19.1 Å². The van der Waals surface area contributed by atoms with Crippen LogP contribution in [-0.4, -0.2) is 88.6 Å². The normalized spacial score (nSPS) is 25.8. The van der Waals surface area contributed by atoms with Gasteiger partial charge in [-0.05, 0) is 26.2 Å². The number of aromatic nitrogens is 2. The highest BCUT2D eigenvalue weighted by atomic mass is 19.4. The quantitative estimate of drug-likeness (QED) is 0.698. The third-order valence-corrected chi connectivity index (χ3v) is 6.47. The molecule has 0 saturated carbocycles. The molecule has 4 rings (SSSR count). The predicted octanol–water partition coefficient (Wildman–Crippen LogP) is 1.32. The molecule has 3 atom stereocenters. The van der Waals surface area contributed by atoms with E-state index in [1.807, 2.05) is 6.92 Å². The van der Waals surface area contributed by atoms with Gasteiger partial charge in [-0.2, -0.15) is 18.2 Å². The first-order valence-corrected chi connectivity index (χ1v) is 10.9. The lowest BCUT2D eigenvalue weighted by molar-refractivity contribution is -0.153. The van der Waals surface area contributed by atoms with Gasteiger partial charge in [0.1, 0.15) is 11.9 Å². The number of hydrogen-bond acceptors (Lipinski definition) is 7. The number of carbonyl (C=O) groups excluding carboxylic acids is 1. The molecule has 1 N–H and O–H groups in total. The average molecular weight is 473 g/mol. The van der Waals surface area contributed by atoms with Gasteiger partial charge in [-0.25, -0.2) is 4.79 Å². The molecule has 0 aliphatic carbocycles. The lowest BCUT2D eigenvalue weighted by Crippen LogP contribution is -2.56. The lowest BCUT2D eigenvalue weighted by atomic mass is 10.1. The van der Waals surface area contributed by atoms with Crippen molar-refractivity contribution in [2.45, 2.75) is 57.0 Å². The average Bonchev–Trinajstić information content (AvgIpc) is 3.24. The molecular weight excluding hydrogens is 447 g/mol. The number of Topliss-reactive ketones (excluding diaryl/α,β-unsaturated/α-hetero) is 1. The van der Waals surface area contributed by atoms with Crippen molar-refractivity contribution in [1.82, 2.24) is 14.5 Å². The number of likely N-dealkylation sites (tertiary alicyclic amines) is 1. The Morgan fingerprint density at radius 3 is 2.67 bits per heavy atom. The van der Waals surface area contributed by atoms with Crippen LogP contribution in [0.2, 0.25) is 0 Å². The summed E-state index contributed by atoms with van der Waals surface area (Å²) in [7, 11) is 0. The first-order valence-electron chi connectivity index (χ1n) is 10.9. The monoisotopic (exact) mass is 473 g/mol. The Hall–Kier alpha value is -2.83. The van der Waals surface area contributed by atoms with Crippen LogP contribution in [0.1, 0.15) is 26.2 Å². The van der Waals surface area contributed by atoms with E-state index in [2.05, 4.69) is 4.98 Å².